The van der Waals surface area contributed by atoms with Gasteiger partial charge in [-0.1, -0.05) is 90.4 Å². The first-order chi connectivity index (χ1) is 18.6. The molecule has 0 aliphatic heterocycles. The maximum absolute atomic E-state index is 12.1. The van der Waals surface area contributed by atoms with Crippen molar-refractivity contribution in [1.82, 2.24) is 0 Å². The minimum atomic E-state index is -4.53. The molecule has 0 heterocycles. The summed E-state index contributed by atoms with van der Waals surface area (Å²) in [6, 6.07) is 0. The highest BCUT2D eigenvalue weighted by molar-refractivity contribution is 7.45. The van der Waals surface area contributed by atoms with Crippen molar-refractivity contribution >= 4 is 20.1 Å². The van der Waals surface area contributed by atoms with Crippen molar-refractivity contribution in [3.05, 3.63) is 0 Å². The molecule has 232 valence electrons. The van der Waals surface area contributed by atoms with Crippen molar-refractivity contribution in [3.8, 4) is 0 Å². The van der Waals surface area contributed by atoms with Gasteiger partial charge in [0.2, 0.25) is 0 Å². The van der Waals surface area contributed by atoms with Crippen LogP contribution in [0.5, 0.6) is 0 Å². The lowest BCUT2D eigenvalue weighted by Crippen LogP contribution is -2.37. The largest absolute Gasteiger partial charge is 0.756 e. The van der Waals surface area contributed by atoms with E-state index in [-0.39, 0.29) is 32.7 Å². The summed E-state index contributed by atoms with van der Waals surface area (Å²) in [4.78, 5) is 34.6. The van der Waals surface area contributed by atoms with Crippen LogP contribution in [0.1, 0.15) is 116 Å². The van der Waals surface area contributed by atoms with E-state index in [9.17, 15) is 19.0 Å². The number of carbonyl (C=O) groups excluding carboxylic acids is 2. The zero-order valence-electron chi connectivity index (χ0n) is 25.4. The molecule has 0 aliphatic carbocycles. The fraction of sp³-hybridized carbons (Fsp3) is 0.931. The number of hydrogen-bond acceptors (Lipinski definition) is 8. The Labute approximate surface area is 238 Å². The van der Waals surface area contributed by atoms with E-state index >= 15 is 0 Å². The average Bonchev–Trinajstić information content (AvgIpc) is 2.86. The molecular weight excluding hydrogens is 521 g/mol. The predicted molar refractivity (Wildman–Crippen MR) is 153 cm³/mol. The standard InChI is InChI=1S/C29H58NO8P/c1-5-6-7-8-9-10-11-12-13-14-15-16-17-20-24-35-26-28(38-29(32)21-18-19-23-31)27-37-39(33,34)36-25-22-30(2,3)4/h23,28H,5-22,24-27H2,1-4H3/t28-/m1/s1. The third-order valence-corrected chi connectivity index (χ3v) is 7.34. The molecule has 0 rings (SSSR count). The van der Waals surface area contributed by atoms with E-state index in [1.807, 2.05) is 21.1 Å². The second kappa shape index (κ2) is 24.9. The van der Waals surface area contributed by atoms with E-state index < -0.39 is 19.9 Å². The summed E-state index contributed by atoms with van der Waals surface area (Å²) in [5, 5.41) is 0. The van der Waals surface area contributed by atoms with Crippen molar-refractivity contribution in [2.75, 3.05) is 54.1 Å². The van der Waals surface area contributed by atoms with Gasteiger partial charge < -0.3 is 32.7 Å². The van der Waals surface area contributed by atoms with Gasteiger partial charge in [0.1, 0.15) is 25.5 Å². The number of carbonyl (C=O) groups is 2. The lowest BCUT2D eigenvalue weighted by molar-refractivity contribution is -0.870. The summed E-state index contributed by atoms with van der Waals surface area (Å²) >= 11 is 0. The lowest BCUT2D eigenvalue weighted by atomic mass is 10.0. The van der Waals surface area contributed by atoms with Crippen LogP contribution < -0.4 is 4.89 Å². The Hall–Kier alpha value is -0.830. The minimum Gasteiger partial charge on any atom is -0.756 e. The molecule has 0 bridgehead atoms. The van der Waals surface area contributed by atoms with Crippen LogP contribution in [0.15, 0.2) is 0 Å². The van der Waals surface area contributed by atoms with Crippen molar-refractivity contribution in [2.24, 2.45) is 0 Å². The second-order valence-corrected chi connectivity index (χ2v) is 12.8. The molecule has 39 heavy (non-hydrogen) atoms. The predicted octanol–water partition coefficient (Wildman–Crippen LogP) is 5.97. The highest BCUT2D eigenvalue weighted by atomic mass is 31.2. The summed E-state index contributed by atoms with van der Waals surface area (Å²) in [6.45, 7) is 2.92. The Balaban J connectivity index is 4.10. The Morgan fingerprint density at radius 3 is 1.85 bits per heavy atom. The molecule has 0 saturated heterocycles. The number of likely N-dealkylation sites (N-methyl/N-ethyl adjacent to an activating group) is 1. The van der Waals surface area contributed by atoms with Gasteiger partial charge in [0, 0.05) is 19.4 Å². The van der Waals surface area contributed by atoms with Crippen molar-refractivity contribution < 1.29 is 42.1 Å². The van der Waals surface area contributed by atoms with Gasteiger partial charge in [0.25, 0.3) is 7.82 Å². The SMILES string of the molecule is CCCCCCCCCCCCCCCCOC[C@H](COP(=O)([O-])OCC[N+](C)(C)C)OC(=O)CCCC=O. The Kier molecular flexibility index (Phi) is 24.4. The van der Waals surface area contributed by atoms with E-state index in [1.165, 1.54) is 77.0 Å². The minimum absolute atomic E-state index is 0.00392. The van der Waals surface area contributed by atoms with Gasteiger partial charge in [-0.15, -0.1) is 0 Å². The van der Waals surface area contributed by atoms with Crippen molar-refractivity contribution in [3.63, 3.8) is 0 Å². The normalized spacial score (nSPS) is 14.2. The van der Waals surface area contributed by atoms with E-state index in [2.05, 4.69) is 6.92 Å². The molecule has 0 aromatic carbocycles. The number of ether oxygens (including phenoxy) is 2. The van der Waals surface area contributed by atoms with Crippen LogP contribution in [-0.2, 0) is 32.7 Å². The molecule has 0 radical (unpaired) electrons. The lowest BCUT2D eigenvalue weighted by Gasteiger charge is -2.28. The summed E-state index contributed by atoms with van der Waals surface area (Å²) < 4.78 is 33.6. The number of hydrogen-bond donors (Lipinski definition) is 0. The van der Waals surface area contributed by atoms with Gasteiger partial charge in [-0.3, -0.25) is 9.36 Å². The zero-order chi connectivity index (χ0) is 29.2. The summed E-state index contributed by atoms with van der Waals surface area (Å²) in [7, 11) is 1.25. The van der Waals surface area contributed by atoms with Gasteiger partial charge >= 0.3 is 5.97 Å². The number of nitrogens with zero attached hydrogens (tertiary/aromatic N) is 1. The van der Waals surface area contributed by atoms with Gasteiger partial charge in [-0.25, -0.2) is 0 Å². The quantitative estimate of drug-likeness (QED) is 0.0350. The summed E-state index contributed by atoms with van der Waals surface area (Å²) in [5.41, 5.74) is 0. The fourth-order valence-corrected chi connectivity index (χ4v) is 4.67. The van der Waals surface area contributed by atoms with E-state index in [0.29, 0.717) is 24.1 Å². The van der Waals surface area contributed by atoms with Crippen molar-refractivity contribution in [2.45, 2.75) is 122 Å². The van der Waals surface area contributed by atoms with Gasteiger partial charge in [-0.2, -0.15) is 0 Å². The maximum atomic E-state index is 12.1. The Bertz CT molecular complexity index is 641. The van der Waals surface area contributed by atoms with E-state index in [1.54, 1.807) is 0 Å². The maximum Gasteiger partial charge on any atom is 0.306 e. The van der Waals surface area contributed by atoms with Crippen LogP contribution in [0, 0.1) is 0 Å². The van der Waals surface area contributed by atoms with Gasteiger partial charge in [0.05, 0.1) is 34.4 Å². The van der Waals surface area contributed by atoms with Crippen LogP contribution in [-0.4, -0.2) is 77.0 Å². The van der Waals surface area contributed by atoms with Crippen LogP contribution in [0.3, 0.4) is 0 Å². The molecule has 0 aliphatic rings. The second-order valence-electron chi connectivity index (χ2n) is 11.4. The molecule has 0 saturated carbocycles. The monoisotopic (exact) mass is 579 g/mol. The molecular formula is C29H58NO8P. The Morgan fingerprint density at radius 1 is 0.795 bits per heavy atom. The first-order valence-corrected chi connectivity index (χ1v) is 16.7. The molecule has 2 atom stereocenters. The highest BCUT2D eigenvalue weighted by Crippen LogP contribution is 2.38. The van der Waals surface area contributed by atoms with Crippen LogP contribution >= 0.6 is 7.82 Å². The van der Waals surface area contributed by atoms with Crippen LogP contribution in [0.4, 0.5) is 0 Å². The first kappa shape index (κ1) is 38.2. The number of phosphoric ester groups is 1. The molecule has 10 heteroatoms. The van der Waals surface area contributed by atoms with Crippen LogP contribution in [0.25, 0.3) is 0 Å². The summed E-state index contributed by atoms with van der Waals surface area (Å²) in [5.74, 6) is -0.516. The molecule has 0 aromatic rings. The van der Waals surface area contributed by atoms with Gasteiger partial charge in [-0.05, 0) is 12.8 Å². The zero-order valence-corrected chi connectivity index (χ0v) is 26.3. The van der Waals surface area contributed by atoms with Gasteiger partial charge in [0.15, 0.2) is 0 Å². The first-order valence-electron chi connectivity index (χ1n) is 15.2. The molecule has 9 nitrogen and oxygen atoms in total. The molecule has 0 N–H and O–H groups in total. The number of esters is 1. The Morgan fingerprint density at radius 2 is 1.33 bits per heavy atom. The highest BCUT2D eigenvalue weighted by Gasteiger charge is 2.20. The number of unbranched alkanes of at least 4 members (excludes halogenated alkanes) is 14. The third-order valence-electron chi connectivity index (χ3n) is 6.38. The smallest absolute Gasteiger partial charge is 0.306 e. The molecule has 0 amide bonds. The van der Waals surface area contributed by atoms with Crippen LogP contribution in [0.2, 0.25) is 0 Å². The number of rotatable bonds is 29. The third kappa shape index (κ3) is 28.5. The fourth-order valence-electron chi connectivity index (χ4n) is 3.94. The molecule has 1 unspecified atom stereocenters. The number of aldehydes is 1. The molecule has 0 fully saturated rings. The molecule has 0 spiro atoms. The van der Waals surface area contributed by atoms with E-state index in [4.69, 9.17) is 18.5 Å². The topological polar surface area (TPSA) is 111 Å². The van der Waals surface area contributed by atoms with Crippen molar-refractivity contribution in [1.29, 1.82) is 0 Å². The van der Waals surface area contributed by atoms with E-state index in [0.717, 1.165) is 19.1 Å². The molecule has 0 aromatic heterocycles. The summed E-state index contributed by atoms with van der Waals surface area (Å²) in [6.07, 6.45) is 18.5. The average molecular weight is 580 g/mol. The number of phosphoric acid groups is 1. The number of quaternary nitrogens is 1.